The van der Waals surface area contributed by atoms with Crippen molar-refractivity contribution in [2.45, 2.75) is 65.3 Å². The minimum atomic E-state index is -0.243. The van der Waals surface area contributed by atoms with Gasteiger partial charge in [0.15, 0.2) is 5.78 Å². The molecule has 0 spiro atoms. The fourth-order valence-electron chi connectivity index (χ4n) is 5.34. The summed E-state index contributed by atoms with van der Waals surface area (Å²) >= 11 is 0. The van der Waals surface area contributed by atoms with E-state index in [2.05, 4.69) is 33.2 Å². The number of Topliss-reactive ketones (excluding diaryl/α,β-unsaturated/α-hetero) is 1. The summed E-state index contributed by atoms with van der Waals surface area (Å²) in [6.45, 7) is 7.68. The van der Waals surface area contributed by atoms with Crippen molar-refractivity contribution < 1.29 is 4.79 Å². The first kappa shape index (κ1) is 22.5. The van der Waals surface area contributed by atoms with Crippen LogP contribution in [0.2, 0.25) is 0 Å². The minimum absolute atomic E-state index is 0.0566. The molecule has 0 atom stereocenters. The van der Waals surface area contributed by atoms with E-state index >= 15 is 0 Å². The molecule has 8 heteroatoms. The largest absolute Gasteiger partial charge is 0.370 e. The van der Waals surface area contributed by atoms with E-state index in [0.717, 1.165) is 55.8 Å². The predicted octanol–water partition coefficient (Wildman–Crippen LogP) is 4.79. The Morgan fingerprint density at radius 1 is 1.06 bits per heavy atom. The molecule has 5 rings (SSSR count). The predicted molar refractivity (Wildman–Crippen MR) is 134 cm³/mol. The van der Waals surface area contributed by atoms with Crippen molar-refractivity contribution in [3.63, 3.8) is 0 Å². The molecule has 1 saturated heterocycles. The summed E-state index contributed by atoms with van der Waals surface area (Å²) in [7, 11) is 0. The third-order valence-electron chi connectivity index (χ3n) is 7.39. The highest BCUT2D eigenvalue weighted by Gasteiger charge is 2.26. The SMILES string of the molecule is CC(=O)c1c(C)c2cnc(Nc3ccc(N4CCC(C)CC4)cn3)nc2n(C2CCCC2)c1=O. The molecular weight excluding hydrogens is 428 g/mol. The Balaban J connectivity index is 1.48. The van der Waals surface area contributed by atoms with E-state index in [4.69, 9.17) is 4.98 Å². The number of hydrogen-bond donors (Lipinski definition) is 1. The van der Waals surface area contributed by atoms with E-state index in [9.17, 15) is 9.59 Å². The average molecular weight is 461 g/mol. The molecular formula is C26H32N6O2. The van der Waals surface area contributed by atoms with Gasteiger partial charge >= 0.3 is 0 Å². The number of aryl methyl sites for hydroxylation is 1. The lowest BCUT2D eigenvalue weighted by Crippen LogP contribution is -2.32. The summed E-state index contributed by atoms with van der Waals surface area (Å²) in [6, 6.07) is 4.07. The van der Waals surface area contributed by atoms with Crippen LogP contribution in [0.1, 0.15) is 74.3 Å². The Kier molecular flexibility index (Phi) is 6.06. The van der Waals surface area contributed by atoms with Crippen molar-refractivity contribution in [3.05, 3.63) is 46.0 Å². The second-order valence-electron chi connectivity index (χ2n) is 9.80. The van der Waals surface area contributed by atoms with Crippen molar-refractivity contribution in [3.8, 4) is 0 Å². The number of carbonyl (C=O) groups is 1. The molecule has 8 nitrogen and oxygen atoms in total. The number of piperidine rings is 1. The van der Waals surface area contributed by atoms with Gasteiger partial charge in [-0.1, -0.05) is 19.8 Å². The van der Waals surface area contributed by atoms with Crippen LogP contribution in [0.5, 0.6) is 0 Å². The summed E-state index contributed by atoms with van der Waals surface area (Å²) < 4.78 is 1.73. The van der Waals surface area contributed by atoms with Crippen LogP contribution in [0.4, 0.5) is 17.5 Å². The van der Waals surface area contributed by atoms with Crippen LogP contribution in [0, 0.1) is 12.8 Å². The standard InChI is InChI=1S/C26H32N6O2/c1-16-10-12-31(13-11-16)20-8-9-22(27-14-20)29-26-28-15-21-17(2)23(18(3)33)25(34)32(24(21)30-26)19-6-4-5-7-19/h8-9,14-16,19H,4-7,10-13H2,1-3H3,(H,27,28,29,30). The maximum Gasteiger partial charge on any atom is 0.263 e. The fraction of sp³-hybridized carbons (Fsp3) is 0.500. The van der Waals surface area contributed by atoms with Crippen LogP contribution in [0.15, 0.2) is 29.3 Å². The highest BCUT2D eigenvalue weighted by molar-refractivity contribution is 5.99. The lowest BCUT2D eigenvalue weighted by molar-refractivity contribution is 0.101. The normalized spacial score (nSPS) is 17.4. The van der Waals surface area contributed by atoms with Gasteiger partial charge in [-0.15, -0.1) is 0 Å². The number of hydrogen-bond acceptors (Lipinski definition) is 7. The third kappa shape index (κ3) is 4.17. The van der Waals surface area contributed by atoms with Crippen LogP contribution in [0.25, 0.3) is 11.0 Å². The van der Waals surface area contributed by atoms with Crippen molar-refractivity contribution in [1.29, 1.82) is 0 Å². The number of aromatic nitrogens is 4. The minimum Gasteiger partial charge on any atom is -0.370 e. The molecule has 1 saturated carbocycles. The van der Waals surface area contributed by atoms with Crippen LogP contribution >= 0.6 is 0 Å². The van der Waals surface area contributed by atoms with E-state index in [1.807, 2.05) is 12.3 Å². The van der Waals surface area contributed by atoms with Gasteiger partial charge in [0, 0.05) is 30.7 Å². The van der Waals surface area contributed by atoms with Crippen molar-refractivity contribution in [2.24, 2.45) is 5.92 Å². The van der Waals surface area contributed by atoms with Gasteiger partial charge in [0.1, 0.15) is 11.5 Å². The van der Waals surface area contributed by atoms with Gasteiger partial charge in [0.05, 0.1) is 17.4 Å². The van der Waals surface area contributed by atoms with Crippen molar-refractivity contribution in [2.75, 3.05) is 23.3 Å². The smallest absolute Gasteiger partial charge is 0.263 e. The lowest BCUT2D eigenvalue weighted by atomic mass is 9.99. The number of ketones is 1. The van der Waals surface area contributed by atoms with Gasteiger partial charge in [0.2, 0.25) is 5.95 Å². The summed E-state index contributed by atoms with van der Waals surface area (Å²) in [6.07, 6.45) is 9.99. The molecule has 1 N–H and O–H groups in total. The molecule has 0 bridgehead atoms. The van der Waals surface area contributed by atoms with E-state index < -0.39 is 0 Å². The zero-order chi connectivity index (χ0) is 23.8. The second-order valence-corrected chi connectivity index (χ2v) is 9.80. The topological polar surface area (TPSA) is 93.0 Å². The Hall–Kier alpha value is -3.29. The molecule has 0 unspecified atom stereocenters. The molecule has 1 aliphatic heterocycles. The third-order valence-corrected chi connectivity index (χ3v) is 7.39. The summed E-state index contributed by atoms with van der Waals surface area (Å²) in [5, 5.41) is 3.93. The number of fused-ring (bicyclic) bond motifs is 1. The Labute approximate surface area is 199 Å². The highest BCUT2D eigenvalue weighted by atomic mass is 16.1. The number of rotatable bonds is 5. The quantitative estimate of drug-likeness (QED) is 0.547. The van der Waals surface area contributed by atoms with E-state index in [-0.39, 0.29) is 22.9 Å². The molecule has 3 aromatic rings. The second kappa shape index (κ2) is 9.16. The van der Waals surface area contributed by atoms with E-state index in [1.165, 1.54) is 19.8 Å². The first-order valence-electron chi connectivity index (χ1n) is 12.3. The molecule has 178 valence electrons. The maximum atomic E-state index is 13.4. The average Bonchev–Trinajstić information content (AvgIpc) is 3.34. The number of pyridine rings is 2. The van der Waals surface area contributed by atoms with Gasteiger partial charge in [0.25, 0.3) is 5.56 Å². The zero-order valence-corrected chi connectivity index (χ0v) is 20.2. The number of nitrogens with one attached hydrogen (secondary N) is 1. The molecule has 34 heavy (non-hydrogen) atoms. The molecule has 0 aromatic carbocycles. The van der Waals surface area contributed by atoms with Crippen molar-refractivity contribution in [1.82, 2.24) is 19.5 Å². The Morgan fingerprint density at radius 2 is 1.79 bits per heavy atom. The fourth-order valence-corrected chi connectivity index (χ4v) is 5.34. The first-order valence-corrected chi connectivity index (χ1v) is 12.3. The molecule has 4 heterocycles. The van der Waals surface area contributed by atoms with Crippen LogP contribution < -0.4 is 15.8 Å². The maximum absolute atomic E-state index is 13.4. The molecule has 3 aromatic heterocycles. The van der Waals surface area contributed by atoms with Gasteiger partial charge in [-0.05, 0) is 63.1 Å². The molecule has 2 aliphatic rings. The van der Waals surface area contributed by atoms with Gasteiger partial charge < -0.3 is 10.2 Å². The summed E-state index contributed by atoms with van der Waals surface area (Å²) in [5.74, 6) is 1.61. The highest BCUT2D eigenvalue weighted by Crippen LogP contribution is 2.32. The summed E-state index contributed by atoms with van der Waals surface area (Å²) in [4.78, 5) is 41.8. The summed E-state index contributed by atoms with van der Waals surface area (Å²) in [5.41, 5.74) is 2.35. The molecule has 0 radical (unpaired) electrons. The number of nitrogens with zero attached hydrogens (tertiary/aromatic N) is 5. The van der Waals surface area contributed by atoms with Crippen molar-refractivity contribution >= 4 is 34.3 Å². The van der Waals surface area contributed by atoms with Crippen LogP contribution in [0.3, 0.4) is 0 Å². The van der Waals surface area contributed by atoms with Gasteiger partial charge in [-0.3, -0.25) is 14.2 Å². The number of anilines is 3. The first-order chi connectivity index (χ1) is 16.4. The van der Waals surface area contributed by atoms with Crippen LogP contribution in [-0.4, -0.2) is 38.4 Å². The van der Waals surface area contributed by atoms with Gasteiger partial charge in [-0.2, -0.15) is 4.98 Å². The molecule has 1 aliphatic carbocycles. The molecule has 2 fully saturated rings. The Bertz CT molecular complexity index is 1270. The monoisotopic (exact) mass is 460 g/mol. The van der Waals surface area contributed by atoms with Gasteiger partial charge in [-0.25, -0.2) is 9.97 Å². The lowest BCUT2D eigenvalue weighted by Gasteiger charge is -2.31. The number of carbonyl (C=O) groups excluding carboxylic acids is 1. The molecule has 0 amide bonds. The Morgan fingerprint density at radius 3 is 2.44 bits per heavy atom. The van der Waals surface area contributed by atoms with E-state index in [0.29, 0.717) is 23.0 Å². The van der Waals surface area contributed by atoms with Crippen LogP contribution in [-0.2, 0) is 0 Å². The van der Waals surface area contributed by atoms with E-state index in [1.54, 1.807) is 17.7 Å². The zero-order valence-electron chi connectivity index (χ0n) is 20.2.